The zero-order valence-corrected chi connectivity index (χ0v) is 22.0. The van der Waals surface area contributed by atoms with Gasteiger partial charge in [-0.05, 0) is 63.1 Å². The maximum Gasteiger partial charge on any atom is 0.191 e. The number of likely N-dealkylation sites (tertiary alicyclic amines) is 2. The van der Waals surface area contributed by atoms with Gasteiger partial charge in [0, 0.05) is 63.9 Å². The number of guanidine groups is 1. The monoisotopic (exact) mass is 549 g/mol. The van der Waals surface area contributed by atoms with Crippen LogP contribution in [0.3, 0.4) is 0 Å². The summed E-state index contributed by atoms with van der Waals surface area (Å²) in [5.41, 5.74) is 0. The number of rotatable bonds is 8. The van der Waals surface area contributed by atoms with Gasteiger partial charge in [0.05, 0.1) is 0 Å². The minimum absolute atomic E-state index is 0. The Labute approximate surface area is 203 Å². The molecule has 0 amide bonds. The number of nitrogens with one attached hydrogen (secondary N) is 2. The number of ether oxygens (including phenoxy) is 1. The van der Waals surface area contributed by atoms with Crippen molar-refractivity contribution in [3.63, 3.8) is 0 Å². The van der Waals surface area contributed by atoms with Gasteiger partial charge in [0.25, 0.3) is 0 Å². The number of hydrogen-bond acceptors (Lipinski definition) is 5. The predicted molar refractivity (Wildman–Crippen MR) is 138 cm³/mol. The van der Waals surface area contributed by atoms with Crippen molar-refractivity contribution in [2.45, 2.75) is 44.2 Å². The fraction of sp³-hybridized carbons (Fsp3) is 0.773. The maximum absolute atomic E-state index is 5.17. The highest BCUT2D eigenvalue weighted by Crippen LogP contribution is 2.36. The number of methoxy groups -OCH3 is 1. The van der Waals surface area contributed by atoms with Gasteiger partial charge in [-0.15, -0.1) is 35.3 Å². The molecule has 1 aromatic heterocycles. The minimum atomic E-state index is 0. The summed E-state index contributed by atoms with van der Waals surface area (Å²) >= 11 is 1.88. The molecule has 0 radical (unpaired) electrons. The third kappa shape index (κ3) is 7.62. The highest BCUT2D eigenvalue weighted by Gasteiger charge is 2.31. The zero-order valence-electron chi connectivity index (χ0n) is 18.8. The van der Waals surface area contributed by atoms with Gasteiger partial charge in [0.1, 0.15) is 0 Å². The summed E-state index contributed by atoms with van der Waals surface area (Å²) in [5.74, 6) is 1.58. The van der Waals surface area contributed by atoms with E-state index in [0.29, 0.717) is 18.0 Å². The van der Waals surface area contributed by atoms with Crippen molar-refractivity contribution >= 4 is 41.3 Å². The number of piperidine rings is 2. The van der Waals surface area contributed by atoms with Gasteiger partial charge in [-0.2, -0.15) is 0 Å². The van der Waals surface area contributed by atoms with Crippen molar-refractivity contribution < 1.29 is 4.74 Å². The van der Waals surface area contributed by atoms with E-state index in [4.69, 9.17) is 4.74 Å². The first-order chi connectivity index (χ1) is 14.2. The molecule has 0 saturated carbocycles. The van der Waals surface area contributed by atoms with Gasteiger partial charge in [-0.1, -0.05) is 6.07 Å². The number of thiophene rings is 1. The summed E-state index contributed by atoms with van der Waals surface area (Å²) in [5, 5.41) is 9.51. The quantitative estimate of drug-likeness (QED) is 0.225. The van der Waals surface area contributed by atoms with Gasteiger partial charge in [0.2, 0.25) is 0 Å². The van der Waals surface area contributed by atoms with Crippen LogP contribution in [0.5, 0.6) is 0 Å². The number of nitrogens with zero attached hydrogens (tertiary/aromatic N) is 3. The Hall–Kier alpha value is -0.420. The van der Waals surface area contributed by atoms with Crippen molar-refractivity contribution in [1.29, 1.82) is 0 Å². The second-order valence-electron chi connectivity index (χ2n) is 8.40. The summed E-state index contributed by atoms with van der Waals surface area (Å²) < 4.78 is 5.17. The summed E-state index contributed by atoms with van der Waals surface area (Å²) in [6.07, 6.45) is 6.03. The van der Waals surface area contributed by atoms with Gasteiger partial charge in [-0.3, -0.25) is 9.89 Å². The molecule has 2 N–H and O–H groups in total. The van der Waals surface area contributed by atoms with Gasteiger partial charge >= 0.3 is 0 Å². The molecule has 30 heavy (non-hydrogen) atoms. The Morgan fingerprint density at radius 1 is 1.27 bits per heavy atom. The predicted octanol–water partition coefficient (Wildman–Crippen LogP) is 3.41. The van der Waals surface area contributed by atoms with E-state index in [9.17, 15) is 0 Å². The molecule has 8 heteroatoms. The highest BCUT2D eigenvalue weighted by molar-refractivity contribution is 14.0. The first-order valence-corrected chi connectivity index (χ1v) is 12.0. The van der Waals surface area contributed by atoms with Crippen LogP contribution in [0.1, 0.15) is 43.0 Å². The molecule has 0 bridgehead atoms. The first kappa shape index (κ1) is 25.8. The lowest BCUT2D eigenvalue weighted by molar-refractivity contribution is 0.125. The molecule has 6 nitrogen and oxygen atoms in total. The molecule has 2 fully saturated rings. The van der Waals surface area contributed by atoms with E-state index >= 15 is 0 Å². The standard InChI is InChI=1S/C22H39N5OS.HI/c1-23-22(25-19-9-13-27(14-10-19)12-6-15-28-3)24-17-18-7-4-11-26(2)21(18)20-8-5-16-29-20;/h5,8,16,18-19,21H,4,6-7,9-15,17H2,1-3H3,(H2,23,24,25);1H. The highest BCUT2D eigenvalue weighted by atomic mass is 127. The summed E-state index contributed by atoms with van der Waals surface area (Å²) in [4.78, 5) is 11.1. The van der Waals surface area contributed by atoms with E-state index < -0.39 is 0 Å². The molecule has 2 saturated heterocycles. The van der Waals surface area contributed by atoms with Crippen LogP contribution in [0, 0.1) is 5.92 Å². The molecule has 2 aliphatic rings. The Morgan fingerprint density at radius 3 is 2.73 bits per heavy atom. The average molecular weight is 550 g/mol. The Kier molecular flexibility index (Phi) is 12.0. The minimum Gasteiger partial charge on any atom is -0.385 e. The summed E-state index contributed by atoms with van der Waals surface area (Å²) in [6, 6.07) is 5.50. The van der Waals surface area contributed by atoms with Crippen LogP contribution in [-0.4, -0.2) is 82.3 Å². The van der Waals surface area contributed by atoms with Crippen LogP contribution in [0.4, 0.5) is 0 Å². The Bertz CT molecular complexity index is 607. The average Bonchev–Trinajstić information content (AvgIpc) is 3.26. The molecule has 0 spiro atoms. The van der Waals surface area contributed by atoms with Crippen molar-refractivity contribution in [2.75, 3.05) is 60.5 Å². The van der Waals surface area contributed by atoms with Crippen LogP contribution < -0.4 is 10.6 Å². The Morgan fingerprint density at radius 2 is 2.07 bits per heavy atom. The lowest BCUT2D eigenvalue weighted by Crippen LogP contribution is -2.50. The third-order valence-corrected chi connectivity index (χ3v) is 7.29. The van der Waals surface area contributed by atoms with Gasteiger partial charge in [0.15, 0.2) is 5.96 Å². The summed E-state index contributed by atoms with van der Waals surface area (Å²) in [6.45, 7) is 6.49. The molecule has 2 atom stereocenters. The van der Waals surface area contributed by atoms with Gasteiger partial charge in [-0.25, -0.2) is 0 Å². The van der Waals surface area contributed by atoms with E-state index in [1.165, 1.54) is 37.1 Å². The molecule has 2 aliphatic heterocycles. The van der Waals surface area contributed by atoms with Gasteiger partial charge < -0.3 is 20.3 Å². The second kappa shape index (κ2) is 13.9. The van der Waals surface area contributed by atoms with E-state index in [-0.39, 0.29) is 24.0 Å². The largest absolute Gasteiger partial charge is 0.385 e. The van der Waals surface area contributed by atoms with Crippen molar-refractivity contribution in [3.8, 4) is 0 Å². The molecular formula is C22H40IN5OS. The molecule has 3 heterocycles. The SMILES string of the molecule is CN=C(NCC1CCCN(C)C1c1cccs1)NC1CCN(CCCOC)CC1.I. The Balaban J connectivity index is 0.00000320. The molecule has 172 valence electrons. The lowest BCUT2D eigenvalue weighted by Gasteiger charge is -2.39. The van der Waals surface area contributed by atoms with E-state index in [2.05, 4.69) is 50.0 Å². The molecule has 3 rings (SSSR count). The number of hydrogen-bond donors (Lipinski definition) is 2. The lowest BCUT2D eigenvalue weighted by atomic mass is 9.88. The molecule has 2 unspecified atom stereocenters. The fourth-order valence-corrected chi connectivity index (χ4v) is 5.71. The van der Waals surface area contributed by atoms with Crippen LogP contribution in [0.25, 0.3) is 0 Å². The first-order valence-electron chi connectivity index (χ1n) is 11.1. The zero-order chi connectivity index (χ0) is 20.5. The van der Waals surface area contributed by atoms with Crippen LogP contribution in [0.15, 0.2) is 22.5 Å². The molecule has 0 aliphatic carbocycles. The topological polar surface area (TPSA) is 52.1 Å². The summed E-state index contributed by atoms with van der Waals surface area (Å²) in [7, 11) is 5.94. The van der Waals surface area contributed by atoms with Crippen LogP contribution in [-0.2, 0) is 4.74 Å². The maximum atomic E-state index is 5.17. The molecule has 1 aromatic rings. The van der Waals surface area contributed by atoms with E-state index in [1.54, 1.807) is 7.11 Å². The van der Waals surface area contributed by atoms with E-state index in [1.807, 2.05) is 18.4 Å². The second-order valence-corrected chi connectivity index (χ2v) is 9.38. The van der Waals surface area contributed by atoms with Crippen molar-refractivity contribution in [2.24, 2.45) is 10.9 Å². The molecular weight excluding hydrogens is 509 g/mol. The smallest absolute Gasteiger partial charge is 0.191 e. The van der Waals surface area contributed by atoms with Crippen LogP contribution in [0.2, 0.25) is 0 Å². The van der Waals surface area contributed by atoms with Crippen molar-refractivity contribution in [1.82, 2.24) is 20.4 Å². The number of aliphatic imine (C=N–C) groups is 1. The third-order valence-electron chi connectivity index (χ3n) is 6.35. The normalized spacial score (nSPS) is 24.4. The van der Waals surface area contributed by atoms with Crippen LogP contribution >= 0.6 is 35.3 Å². The van der Waals surface area contributed by atoms with Crippen molar-refractivity contribution in [3.05, 3.63) is 22.4 Å². The van der Waals surface area contributed by atoms with E-state index in [0.717, 1.165) is 45.2 Å². The fourth-order valence-electron chi connectivity index (χ4n) is 4.73. The number of halogens is 1. The molecule has 0 aromatic carbocycles.